The average molecular weight is 454 g/mol. The molecule has 8 heteroatoms. The van der Waals surface area contributed by atoms with Crippen molar-refractivity contribution in [1.29, 1.82) is 0 Å². The lowest BCUT2D eigenvalue weighted by Crippen LogP contribution is -3.08. The van der Waals surface area contributed by atoms with E-state index in [2.05, 4.69) is 47.2 Å². The van der Waals surface area contributed by atoms with Gasteiger partial charge in [0.25, 0.3) is 0 Å². The minimum Gasteiger partial charge on any atom is -1.00 e. The maximum Gasteiger partial charge on any atom is 0.320 e. The number of likely N-dealkylation sites (N-methyl/N-ethyl adjacent to an activating group) is 1. The number of carbonyl (C=O) groups excluding carboxylic acids is 2. The average Bonchev–Trinajstić information content (AvgIpc) is 3.06. The molecular formula is C23H36ClN3O4. The van der Waals surface area contributed by atoms with Crippen LogP contribution < -0.4 is 22.2 Å². The number of hydrogen-bond acceptors (Lipinski definition) is 6. The lowest BCUT2D eigenvalue weighted by molar-refractivity contribution is -0.867. The molecule has 2 fully saturated rings. The zero-order valence-corrected chi connectivity index (χ0v) is 19.7. The number of para-hydroxylation sites is 1. The molecule has 0 saturated carbocycles. The summed E-state index contributed by atoms with van der Waals surface area (Å²) in [6.07, 6.45) is 2.61. The summed E-state index contributed by atoms with van der Waals surface area (Å²) in [6, 6.07) is 10.7. The van der Waals surface area contributed by atoms with Crippen LogP contribution in [0.3, 0.4) is 0 Å². The molecule has 0 amide bonds. The molecular weight excluding hydrogens is 418 g/mol. The van der Waals surface area contributed by atoms with Gasteiger partial charge in [-0.25, -0.2) is 0 Å². The molecule has 7 nitrogen and oxygen atoms in total. The van der Waals surface area contributed by atoms with Crippen LogP contribution in [0.2, 0.25) is 0 Å². The SMILES string of the molecule is CCOC(=O)C(CCN1CCC2(CC1)C[NH+](C)CN2c1ccccc1)C(=O)OCC.[Cl-]. The second-order valence-corrected chi connectivity index (χ2v) is 8.47. The summed E-state index contributed by atoms with van der Waals surface area (Å²) in [4.78, 5) is 30.9. The minimum atomic E-state index is -0.830. The Balaban J connectivity index is 0.00000341. The number of nitrogens with zero attached hydrogens (tertiary/aromatic N) is 2. The van der Waals surface area contributed by atoms with Crippen LogP contribution in [0.4, 0.5) is 5.69 Å². The van der Waals surface area contributed by atoms with Crippen molar-refractivity contribution in [2.75, 3.05) is 58.0 Å². The van der Waals surface area contributed by atoms with Crippen molar-refractivity contribution >= 4 is 17.6 Å². The van der Waals surface area contributed by atoms with Crippen molar-refractivity contribution in [1.82, 2.24) is 4.90 Å². The number of halogens is 1. The summed E-state index contributed by atoms with van der Waals surface area (Å²) < 4.78 is 10.2. The number of hydrogen-bond donors (Lipinski definition) is 1. The van der Waals surface area contributed by atoms with Crippen LogP contribution in [-0.2, 0) is 19.1 Å². The van der Waals surface area contributed by atoms with E-state index in [1.807, 2.05) is 0 Å². The van der Waals surface area contributed by atoms with Gasteiger partial charge in [-0.3, -0.25) is 9.59 Å². The smallest absolute Gasteiger partial charge is 0.320 e. The van der Waals surface area contributed by atoms with Crippen molar-refractivity contribution in [3.8, 4) is 0 Å². The largest absolute Gasteiger partial charge is 1.00 e. The van der Waals surface area contributed by atoms with Crippen LogP contribution in [-0.4, -0.2) is 75.5 Å². The first kappa shape index (κ1) is 25.4. The third-order valence-corrected chi connectivity index (χ3v) is 6.36. The summed E-state index contributed by atoms with van der Waals surface area (Å²) in [5, 5.41) is 0. The summed E-state index contributed by atoms with van der Waals surface area (Å²) >= 11 is 0. The van der Waals surface area contributed by atoms with Gasteiger partial charge in [0, 0.05) is 18.8 Å². The van der Waals surface area contributed by atoms with Crippen molar-refractivity contribution in [2.45, 2.75) is 38.6 Å². The van der Waals surface area contributed by atoms with E-state index in [1.165, 1.54) is 10.6 Å². The van der Waals surface area contributed by atoms with Gasteiger partial charge < -0.3 is 36.6 Å². The number of anilines is 1. The standard InChI is InChI=1S/C23H35N3O4.ClH/c1-4-29-21(27)20(22(28)30-5-2)11-14-25-15-12-23(13-16-25)17-24(3)18-26(23)19-9-7-6-8-10-19;/h6-10,20H,4-5,11-18H2,1-3H3;1H. The second-order valence-electron chi connectivity index (χ2n) is 8.47. The van der Waals surface area contributed by atoms with E-state index in [0.29, 0.717) is 13.0 Å². The molecule has 1 unspecified atom stereocenters. The van der Waals surface area contributed by atoms with Crippen LogP contribution in [0.1, 0.15) is 33.1 Å². The maximum absolute atomic E-state index is 12.2. The molecule has 1 spiro atoms. The van der Waals surface area contributed by atoms with Crippen molar-refractivity contribution < 1.29 is 36.4 Å². The van der Waals surface area contributed by atoms with Crippen molar-refractivity contribution in [3.05, 3.63) is 30.3 Å². The highest BCUT2D eigenvalue weighted by Gasteiger charge is 2.48. The Morgan fingerprint density at radius 3 is 2.19 bits per heavy atom. The Bertz CT molecular complexity index is 692. The van der Waals surface area contributed by atoms with Crippen LogP contribution in [0, 0.1) is 5.92 Å². The molecule has 0 radical (unpaired) electrons. The van der Waals surface area contributed by atoms with E-state index in [-0.39, 0.29) is 31.2 Å². The van der Waals surface area contributed by atoms with Gasteiger partial charge in [-0.2, -0.15) is 0 Å². The fraction of sp³-hybridized carbons (Fsp3) is 0.652. The summed E-state index contributed by atoms with van der Waals surface area (Å²) in [5.74, 6) is -1.77. The van der Waals surface area contributed by atoms with Crippen LogP contribution in [0.15, 0.2) is 30.3 Å². The molecule has 3 rings (SSSR count). The molecule has 0 bridgehead atoms. The quantitative estimate of drug-likeness (QED) is 0.361. The molecule has 174 valence electrons. The third kappa shape index (κ3) is 6.11. The lowest BCUT2D eigenvalue weighted by Gasteiger charge is -2.43. The Labute approximate surface area is 192 Å². The Morgan fingerprint density at radius 2 is 1.65 bits per heavy atom. The van der Waals surface area contributed by atoms with Gasteiger partial charge in [-0.1, -0.05) is 18.2 Å². The number of quaternary nitrogens is 1. The highest BCUT2D eigenvalue weighted by atomic mass is 35.5. The highest BCUT2D eigenvalue weighted by Crippen LogP contribution is 2.34. The predicted octanol–water partition coefficient (Wildman–Crippen LogP) is -2.05. The molecule has 1 atom stereocenters. The van der Waals surface area contributed by atoms with E-state index in [1.54, 1.807) is 13.8 Å². The second kappa shape index (κ2) is 11.7. The number of rotatable bonds is 8. The summed E-state index contributed by atoms with van der Waals surface area (Å²) in [5.41, 5.74) is 1.48. The lowest BCUT2D eigenvalue weighted by atomic mass is 9.86. The molecule has 2 aliphatic heterocycles. The van der Waals surface area contributed by atoms with Crippen LogP contribution >= 0.6 is 0 Å². The van der Waals surface area contributed by atoms with Gasteiger partial charge in [0.15, 0.2) is 12.6 Å². The summed E-state index contributed by atoms with van der Waals surface area (Å²) in [6.45, 7) is 8.85. The van der Waals surface area contributed by atoms with Crippen LogP contribution in [0.5, 0.6) is 0 Å². The van der Waals surface area contributed by atoms with Gasteiger partial charge in [0.1, 0.15) is 6.54 Å². The number of nitrogens with one attached hydrogen (secondary N) is 1. The summed E-state index contributed by atoms with van der Waals surface area (Å²) in [7, 11) is 2.26. The number of benzene rings is 1. The first-order valence-corrected chi connectivity index (χ1v) is 11.2. The molecule has 0 aliphatic carbocycles. The van der Waals surface area contributed by atoms with Gasteiger partial charge >= 0.3 is 11.9 Å². The number of carbonyl (C=O) groups is 2. The van der Waals surface area contributed by atoms with Crippen LogP contribution in [0.25, 0.3) is 0 Å². The normalized spacial score (nSPS) is 20.5. The molecule has 1 aromatic carbocycles. The van der Waals surface area contributed by atoms with Crippen molar-refractivity contribution in [3.63, 3.8) is 0 Å². The van der Waals surface area contributed by atoms with E-state index >= 15 is 0 Å². The van der Waals surface area contributed by atoms with E-state index in [9.17, 15) is 9.59 Å². The first-order chi connectivity index (χ1) is 14.5. The monoisotopic (exact) mass is 453 g/mol. The fourth-order valence-electron chi connectivity index (χ4n) is 4.89. The topological polar surface area (TPSA) is 63.5 Å². The predicted molar refractivity (Wildman–Crippen MR) is 115 cm³/mol. The molecule has 2 saturated heterocycles. The third-order valence-electron chi connectivity index (χ3n) is 6.36. The van der Waals surface area contributed by atoms with E-state index < -0.39 is 17.9 Å². The fourth-order valence-corrected chi connectivity index (χ4v) is 4.89. The first-order valence-electron chi connectivity index (χ1n) is 11.2. The maximum atomic E-state index is 12.2. The van der Waals surface area contributed by atoms with Gasteiger partial charge in [-0.15, -0.1) is 0 Å². The highest BCUT2D eigenvalue weighted by molar-refractivity contribution is 5.94. The molecule has 1 aromatic rings. The van der Waals surface area contributed by atoms with E-state index in [0.717, 1.165) is 39.1 Å². The van der Waals surface area contributed by atoms with Crippen molar-refractivity contribution in [2.24, 2.45) is 5.92 Å². The molecule has 1 N–H and O–H groups in total. The van der Waals surface area contributed by atoms with Gasteiger partial charge in [0.05, 0.1) is 25.8 Å². The molecule has 31 heavy (non-hydrogen) atoms. The number of likely N-dealkylation sites (tertiary alicyclic amines) is 1. The molecule has 2 heterocycles. The zero-order chi connectivity index (χ0) is 21.6. The van der Waals surface area contributed by atoms with E-state index in [4.69, 9.17) is 9.47 Å². The Morgan fingerprint density at radius 1 is 1.06 bits per heavy atom. The Hall–Kier alpha value is -1.83. The zero-order valence-electron chi connectivity index (χ0n) is 18.9. The van der Waals surface area contributed by atoms with Gasteiger partial charge in [-0.05, 0) is 51.8 Å². The molecule has 0 aromatic heterocycles. The number of ether oxygens (including phenoxy) is 2. The minimum absolute atomic E-state index is 0. The number of piperidine rings is 1. The number of esters is 2. The Kier molecular flexibility index (Phi) is 9.59. The van der Waals surface area contributed by atoms with Gasteiger partial charge in [0.2, 0.25) is 0 Å². The molecule has 2 aliphatic rings.